The Hall–Kier alpha value is -2.47. The molecule has 0 radical (unpaired) electrons. The second-order valence-electron chi connectivity index (χ2n) is 7.38. The highest BCUT2D eigenvalue weighted by atomic mass is 16.5. The van der Waals surface area contributed by atoms with Crippen LogP contribution in [0, 0.1) is 0 Å². The van der Waals surface area contributed by atoms with E-state index in [0.29, 0.717) is 19.7 Å². The highest BCUT2D eigenvalue weighted by Crippen LogP contribution is 2.24. The van der Waals surface area contributed by atoms with E-state index in [9.17, 15) is 5.11 Å². The van der Waals surface area contributed by atoms with E-state index in [-0.39, 0.29) is 6.10 Å². The van der Waals surface area contributed by atoms with Crippen molar-refractivity contribution in [3.05, 3.63) is 72.4 Å². The Bertz CT molecular complexity index is 847. The molecule has 0 aliphatic rings. The zero-order valence-electron chi connectivity index (χ0n) is 16.8. The summed E-state index contributed by atoms with van der Waals surface area (Å²) in [5.74, 6) is 0. The van der Waals surface area contributed by atoms with Crippen LogP contribution < -0.4 is 0 Å². The molecule has 0 spiro atoms. The molecule has 0 bridgehead atoms. The molecule has 1 heterocycles. The summed E-state index contributed by atoms with van der Waals surface area (Å²) >= 11 is 0. The number of aliphatic hydroxyl groups excluding tert-OH is 1. The molecule has 3 rings (SSSR count). The maximum Gasteiger partial charge on any atom is 0.0972 e. The average Bonchev–Trinajstić information content (AvgIpc) is 3.11. The number of benzene rings is 2. The molecule has 1 unspecified atom stereocenters. The van der Waals surface area contributed by atoms with Crippen molar-refractivity contribution in [2.75, 3.05) is 20.2 Å². The number of likely N-dealkylation sites (N-methyl/N-ethyl adjacent to an activating group) is 1. The molecule has 28 heavy (non-hydrogen) atoms. The first-order chi connectivity index (χ1) is 13.5. The first-order valence-electron chi connectivity index (χ1n) is 9.70. The number of rotatable bonds is 9. The lowest BCUT2D eigenvalue weighted by atomic mass is 10.1. The molecule has 0 aliphatic heterocycles. The smallest absolute Gasteiger partial charge is 0.0972 e. The summed E-state index contributed by atoms with van der Waals surface area (Å²) in [6.07, 6.45) is 1.68. The molecular formula is C23H29N3O2. The van der Waals surface area contributed by atoms with Gasteiger partial charge in [-0.1, -0.05) is 48.5 Å². The van der Waals surface area contributed by atoms with Crippen LogP contribution >= 0.6 is 0 Å². The van der Waals surface area contributed by atoms with E-state index in [1.807, 2.05) is 74.1 Å². The topological polar surface area (TPSA) is 50.5 Å². The lowest BCUT2D eigenvalue weighted by molar-refractivity contribution is -0.00633. The number of nitrogens with zero attached hydrogens (tertiary/aromatic N) is 3. The van der Waals surface area contributed by atoms with Gasteiger partial charge in [0.05, 0.1) is 30.2 Å². The monoisotopic (exact) mass is 379 g/mol. The Morgan fingerprint density at radius 3 is 2.32 bits per heavy atom. The van der Waals surface area contributed by atoms with E-state index in [0.717, 1.165) is 22.5 Å². The Balaban J connectivity index is 1.80. The third kappa shape index (κ3) is 5.52. The van der Waals surface area contributed by atoms with Gasteiger partial charge in [-0.25, -0.2) is 4.68 Å². The van der Waals surface area contributed by atoms with E-state index >= 15 is 0 Å². The van der Waals surface area contributed by atoms with Crippen LogP contribution in [0.3, 0.4) is 0 Å². The molecular weight excluding hydrogens is 350 g/mol. The van der Waals surface area contributed by atoms with E-state index in [1.165, 1.54) is 0 Å². The third-order valence-electron chi connectivity index (χ3n) is 4.44. The van der Waals surface area contributed by atoms with Gasteiger partial charge >= 0.3 is 0 Å². The minimum Gasteiger partial charge on any atom is -0.389 e. The lowest BCUT2D eigenvalue weighted by Gasteiger charge is -2.21. The lowest BCUT2D eigenvalue weighted by Crippen LogP contribution is -2.32. The molecule has 5 nitrogen and oxygen atoms in total. The molecule has 0 fully saturated rings. The maximum atomic E-state index is 10.2. The highest BCUT2D eigenvalue weighted by Gasteiger charge is 2.16. The van der Waals surface area contributed by atoms with E-state index in [2.05, 4.69) is 23.2 Å². The van der Waals surface area contributed by atoms with Crippen LogP contribution in [0.2, 0.25) is 0 Å². The second kappa shape index (κ2) is 9.64. The van der Waals surface area contributed by atoms with Crippen LogP contribution in [0.1, 0.15) is 19.4 Å². The fourth-order valence-corrected chi connectivity index (χ4v) is 3.15. The standard InChI is InChI=1S/C23H29N3O2/c1-18(2)28-17-22(27)16-25(3)14-20-15-26(21-12-8-5-9-13-21)24-23(20)19-10-6-4-7-11-19/h4-13,15,18,22,27H,14,16-17H2,1-3H3. The van der Waals surface area contributed by atoms with Gasteiger partial charge in [0.1, 0.15) is 0 Å². The molecule has 1 atom stereocenters. The van der Waals surface area contributed by atoms with Crippen molar-refractivity contribution in [1.82, 2.24) is 14.7 Å². The van der Waals surface area contributed by atoms with Gasteiger partial charge in [0.25, 0.3) is 0 Å². The summed E-state index contributed by atoms with van der Waals surface area (Å²) in [7, 11) is 2.01. The van der Waals surface area contributed by atoms with Gasteiger partial charge in [-0.15, -0.1) is 0 Å². The van der Waals surface area contributed by atoms with E-state index in [1.54, 1.807) is 0 Å². The van der Waals surface area contributed by atoms with Crippen LogP contribution in [0.25, 0.3) is 16.9 Å². The zero-order chi connectivity index (χ0) is 19.9. The highest BCUT2D eigenvalue weighted by molar-refractivity contribution is 5.63. The average molecular weight is 380 g/mol. The number of aliphatic hydroxyl groups is 1. The fourth-order valence-electron chi connectivity index (χ4n) is 3.15. The molecule has 0 aliphatic carbocycles. The van der Waals surface area contributed by atoms with Gasteiger partial charge in [0.2, 0.25) is 0 Å². The number of aromatic nitrogens is 2. The van der Waals surface area contributed by atoms with Crippen LogP contribution in [0.4, 0.5) is 0 Å². The van der Waals surface area contributed by atoms with Crippen LogP contribution in [-0.4, -0.2) is 52.2 Å². The molecule has 1 N–H and O–H groups in total. The van der Waals surface area contributed by atoms with E-state index < -0.39 is 6.10 Å². The van der Waals surface area contributed by atoms with Crippen molar-refractivity contribution in [1.29, 1.82) is 0 Å². The molecule has 0 amide bonds. The Morgan fingerprint density at radius 1 is 1.04 bits per heavy atom. The van der Waals surface area contributed by atoms with Gasteiger partial charge in [-0.3, -0.25) is 4.90 Å². The quantitative estimate of drug-likeness (QED) is 0.615. The van der Waals surface area contributed by atoms with Crippen molar-refractivity contribution in [2.45, 2.75) is 32.6 Å². The SMILES string of the molecule is CC(C)OCC(O)CN(C)Cc1cn(-c2ccccc2)nc1-c1ccccc1. The number of hydrogen-bond acceptors (Lipinski definition) is 4. The summed E-state index contributed by atoms with van der Waals surface area (Å²) in [5.41, 5.74) is 4.20. The summed E-state index contributed by atoms with van der Waals surface area (Å²) in [4.78, 5) is 2.10. The normalized spacial score (nSPS) is 12.6. The summed E-state index contributed by atoms with van der Waals surface area (Å²) in [5, 5.41) is 15.1. The predicted molar refractivity (Wildman–Crippen MR) is 112 cm³/mol. The number of ether oxygens (including phenoxy) is 1. The van der Waals surface area contributed by atoms with Crippen LogP contribution in [0.5, 0.6) is 0 Å². The first kappa shape index (κ1) is 20.3. The van der Waals surface area contributed by atoms with Crippen LogP contribution in [0.15, 0.2) is 66.9 Å². The summed E-state index contributed by atoms with van der Waals surface area (Å²) in [6.45, 7) is 5.52. The Morgan fingerprint density at radius 2 is 1.68 bits per heavy atom. The number of para-hydroxylation sites is 1. The molecule has 5 heteroatoms. The molecule has 0 saturated carbocycles. The van der Waals surface area contributed by atoms with E-state index in [4.69, 9.17) is 9.84 Å². The van der Waals surface area contributed by atoms with Gasteiger partial charge in [-0.05, 0) is 33.0 Å². The summed E-state index contributed by atoms with van der Waals surface area (Å²) in [6, 6.07) is 20.3. The van der Waals surface area contributed by atoms with Crippen molar-refractivity contribution in [3.8, 4) is 16.9 Å². The largest absolute Gasteiger partial charge is 0.389 e. The Kier molecular flexibility index (Phi) is 6.98. The minimum absolute atomic E-state index is 0.119. The molecule has 148 valence electrons. The van der Waals surface area contributed by atoms with Crippen molar-refractivity contribution < 1.29 is 9.84 Å². The van der Waals surface area contributed by atoms with Gasteiger partial charge in [-0.2, -0.15) is 5.10 Å². The predicted octanol–water partition coefficient (Wildman–Crippen LogP) is 3.76. The zero-order valence-corrected chi connectivity index (χ0v) is 16.8. The second-order valence-corrected chi connectivity index (χ2v) is 7.38. The Labute approximate surface area is 167 Å². The third-order valence-corrected chi connectivity index (χ3v) is 4.44. The maximum absolute atomic E-state index is 10.2. The molecule has 3 aromatic rings. The number of hydrogen-bond donors (Lipinski definition) is 1. The van der Waals surface area contributed by atoms with Gasteiger partial charge in [0.15, 0.2) is 0 Å². The van der Waals surface area contributed by atoms with Gasteiger partial charge in [0, 0.05) is 30.4 Å². The van der Waals surface area contributed by atoms with Gasteiger partial charge < -0.3 is 9.84 Å². The van der Waals surface area contributed by atoms with Crippen molar-refractivity contribution >= 4 is 0 Å². The van der Waals surface area contributed by atoms with Crippen molar-refractivity contribution in [3.63, 3.8) is 0 Å². The molecule has 1 aromatic heterocycles. The molecule has 2 aromatic carbocycles. The van der Waals surface area contributed by atoms with Crippen molar-refractivity contribution in [2.24, 2.45) is 0 Å². The minimum atomic E-state index is -0.517. The summed E-state index contributed by atoms with van der Waals surface area (Å²) < 4.78 is 7.44. The molecule has 0 saturated heterocycles. The first-order valence-corrected chi connectivity index (χ1v) is 9.70. The fraction of sp³-hybridized carbons (Fsp3) is 0.348. The van der Waals surface area contributed by atoms with Crippen LogP contribution in [-0.2, 0) is 11.3 Å².